The van der Waals surface area contributed by atoms with Crippen LogP contribution in [0, 0.1) is 11.8 Å². The predicted molar refractivity (Wildman–Crippen MR) is 231 cm³/mol. The Balaban J connectivity index is -0.000000526. The Bertz CT molecular complexity index is 1230. The Morgan fingerprint density at radius 3 is 0.774 bits per heavy atom. The van der Waals surface area contributed by atoms with Gasteiger partial charge in [0.15, 0.2) is 10.5 Å². The monoisotopic (exact) mass is 944 g/mol. The molecular formula is C44H82Na2O14S2. The van der Waals surface area contributed by atoms with E-state index in [0.29, 0.717) is 12.8 Å². The van der Waals surface area contributed by atoms with Gasteiger partial charge in [-0.1, -0.05) is 195 Å². The normalized spacial score (nSPS) is 12.4. The second kappa shape index (κ2) is 44.5. The molecule has 0 heterocycles. The van der Waals surface area contributed by atoms with Crippen LogP contribution in [0.1, 0.15) is 220 Å². The number of ether oxygens (including phenoxy) is 2. The van der Waals surface area contributed by atoms with Gasteiger partial charge in [0.2, 0.25) is 0 Å². The summed E-state index contributed by atoms with van der Waals surface area (Å²) in [4.78, 5) is 44.3. The number of hydrogen-bond acceptors (Lipinski definition) is 12. The first-order chi connectivity index (χ1) is 28.3. The average Bonchev–Trinajstić information content (AvgIpc) is 3.14. The summed E-state index contributed by atoms with van der Waals surface area (Å²) < 4.78 is 71.6. The molecule has 0 aliphatic carbocycles. The molecule has 0 fully saturated rings. The molecule has 0 bridgehead atoms. The van der Waals surface area contributed by atoms with Gasteiger partial charge in [-0.2, -0.15) is 16.8 Å². The molecule has 0 aromatic carbocycles. The van der Waals surface area contributed by atoms with Crippen molar-refractivity contribution >= 4 is 44.1 Å². The second-order valence-corrected chi connectivity index (χ2v) is 20.2. The van der Waals surface area contributed by atoms with Gasteiger partial charge in [0.05, 0.1) is 13.2 Å². The zero-order valence-electron chi connectivity index (χ0n) is 39.5. The van der Waals surface area contributed by atoms with Gasteiger partial charge in [-0.05, 0) is 24.7 Å². The number of hydrogen-bond donors (Lipinski definition) is 2. The summed E-state index contributed by atoms with van der Waals surface area (Å²) in [6.07, 6.45) is 31.1. The molecule has 2 N–H and O–H groups in total. The van der Waals surface area contributed by atoms with Crippen molar-refractivity contribution in [3.8, 4) is 0 Å². The number of aliphatic carboxylic acids is 2. The summed E-state index contributed by atoms with van der Waals surface area (Å²) in [6, 6.07) is 0. The van der Waals surface area contributed by atoms with Crippen LogP contribution in [0.5, 0.6) is 0 Å². The Kier molecular flexibility index (Phi) is 49.0. The van der Waals surface area contributed by atoms with Crippen molar-refractivity contribution in [2.75, 3.05) is 13.2 Å². The molecule has 2 unspecified atom stereocenters. The van der Waals surface area contributed by atoms with E-state index in [1.165, 1.54) is 128 Å². The topological polar surface area (TPSA) is 242 Å². The van der Waals surface area contributed by atoms with E-state index in [-0.39, 0.29) is 72.3 Å². The van der Waals surface area contributed by atoms with Gasteiger partial charge in [0.1, 0.15) is 0 Å². The fourth-order valence-electron chi connectivity index (χ4n) is 6.65. The van der Waals surface area contributed by atoms with E-state index in [1.54, 1.807) is 0 Å². The molecule has 14 nitrogen and oxygen atoms in total. The van der Waals surface area contributed by atoms with E-state index in [4.69, 9.17) is 18.6 Å². The molecule has 0 amide bonds. The Hall–Kier alpha value is -0.300. The van der Waals surface area contributed by atoms with Gasteiger partial charge in [-0.15, -0.1) is 0 Å². The molecule has 0 saturated carbocycles. The summed E-state index contributed by atoms with van der Waals surface area (Å²) in [5, 5.41) is 16.8. The van der Waals surface area contributed by atoms with Gasteiger partial charge in [0, 0.05) is 24.8 Å². The first-order valence-electron chi connectivity index (χ1n) is 22.9. The molecule has 18 heteroatoms. The maximum Gasteiger partial charge on any atom is 1.00 e. The number of carboxylic acids is 2. The quantitative estimate of drug-likeness (QED) is 0.0387. The molecule has 0 rings (SSSR count). The molecule has 0 saturated heterocycles. The zero-order valence-corrected chi connectivity index (χ0v) is 45.2. The molecule has 0 spiro atoms. The minimum absolute atomic E-state index is 0. The molecule has 0 radical (unpaired) electrons. The van der Waals surface area contributed by atoms with Crippen LogP contribution in [0.4, 0.5) is 0 Å². The van der Waals surface area contributed by atoms with E-state index in [0.717, 1.165) is 50.4 Å². The van der Waals surface area contributed by atoms with E-state index < -0.39 is 67.5 Å². The molecule has 0 aliphatic heterocycles. The van der Waals surface area contributed by atoms with E-state index in [2.05, 4.69) is 27.7 Å². The predicted octanol–water partition coefficient (Wildman–Crippen LogP) is 2.09. The van der Waals surface area contributed by atoms with Crippen LogP contribution in [-0.4, -0.2) is 73.5 Å². The SMILES string of the molecule is CC(C)CCCCCCCCCCCCCCCOC(=O)C(CC(=O)[O-])S(=O)(=O)O.CC(C)CCCCCCCCCCCCCCCOC(=O)C(CC(=O)[O-])S(=O)(=O)O.[Na+].[Na+]. The zero-order chi connectivity index (χ0) is 45.7. The van der Waals surface area contributed by atoms with Crippen LogP contribution >= 0.6 is 0 Å². The molecular weight excluding hydrogens is 863 g/mol. The fraction of sp³-hybridized carbons (Fsp3) is 0.909. The summed E-state index contributed by atoms with van der Waals surface area (Å²) >= 11 is 0. The fourth-order valence-corrected chi connectivity index (χ4v) is 7.97. The molecule has 0 aromatic rings. The average molecular weight is 945 g/mol. The number of esters is 2. The van der Waals surface area contributed by atoms with E-state index in [1.807, 2.05) is 0 Å². The van der Waals surface area contributed by atoms with Crippen molar-refractivity contribution in [1.82, 2.24) is 0 Å². The maximum absolute atomic E-state index is 11.6. The van der Waals surface area contributed by atoms with Gasteiger partial charge in [0.25, 0.3) is 20.2 Å². The molecule has 356 valence electrons. The molecule has 0 aromatic heterocycles. The molecule has 62 heavy (non-hydrogen) atoms. The van der Waals surface area contributed by atoms with Crippen molar-refractivity contribution < 1.29 is 124 Å². The molecule has 2 atom stereocenters. The van der Waals surface area contributed by atoms with Gasteiger partial charge >= 0.3 is 71.1 Å². The third-order valence-corrected chi connectivity index (χ3v) is 12.4. The standard InChI is InChI=1S/2C22H42O7S.2Na/c2*1-19(2)16-14-12-10-8-6-4-3-5-7-9-11-13-15-17-29-22(25)20(18-21(23)24)30(26,27)28;;/h2*19-20H,3-18H2,1-2H3,(H,23,24)(H,26,27,28);;/q;;2*+1/p-2. The Morgan fingerprint density at radius 1 is 0.403 bits per heavy atom. The maximum atomic E-state index is 11.6. The minimum Gasteiger partial charge on any atom is -0.550 e. The number of unbranched alkanes of at least 4 members (excludes halogenated alkanes) is 24. The summed E-state index contributed by atoms with van der Waals surface area (Å²) in [5.41, 5.74) is 0. The Labute approximate surface area is 420 Å². The molecule has 0 aliphatic rings. The van der Waals surface area contributed by atoms with Gasteiger partial charge < -0.3 is 29.3 Å². The summed E-state index contributed by atoms with van der Waals surface area (Å²) in [6.45, 7) is 9.13. The van der Waals surface area contributed by atoms with Crippen molar-refractivity contribution in [1.29, 1.82) is 0 Å². The minimum atomic E-state index is -4.83. The van der Waals surface area contributed by atoms with Crippen LogP contribution in [-0.2, 0) is 48.9 Å². The third-order valence-electron chi connectivity index (χ3n) is 10.3. The summed E-state index contributed by atoms with van der Waals surface area (Å²) in [5.74, 6) is -4.34. The largest absolute Gasteiger partial charge is 1.00 e. The van der Waals surface area contributed by atoms with Crippen LogP contribution < -0.4 is 69.3 Å². The third kappa shape index (κ3) is 47.7. The van der Waals surface area contributed by atoms with Crippen LogP contribution in [0.3, 0.4) is 0 Å². The van der Waals surface area contributed by atoms with Crippen molar-refractivity contribution in [3.05, 3.63) is 0 Å². The second-order valence-electron chi connectivity index (χ2n) is 17.1. The van der Waals surface area contributed by atoms with Crippen molar-refractivity contribution in [2.45, 2.75) is 231 Å². The van der Waals surface area contributed by atoms with Gasteiger partial charge in [-0.3, -0.25) is 18.7 Å². The number of carbonyl (C=O) groups excluding carboxylic acids is 4. The van der Waals surface area contributed by atoms with Crippen molar-refractivity contribution in [3.63, 3.8) is 0 Å². The van der Waals surface area contributed by atoms with E-state index >= 15 is 0 Å². The Morgan fingerprint density at radius 2 is 0.597 bits per heavy atom. The smallest absolute Gasteiger partial charge is 0.550 e. The van der Waals surface area contributed by atoms with E-state index in [9.17, 15) is 46.2 Å². The summed E-state index contributed by atoms with van der Waals surface area (Å²) in [7, 11) is -9.66. The number of rotatable bonds is 40. The number of carboxylic acid groups (broad SMARTS) is 2. The first kappa shape index (κ1) is 68.3. The van der Waals surface area contributed by atoms with Crippen molar-refractivity contribution in [2.24, 2.45) is 11.8 Å². The number of carbonyl (C=O) groups is 4. The van der Waals surface area contributed by atoms with Crippen LogP contribution in [0.15, 0.2) is 0 Å². The van der Waals surface area contributed by atoms with Gasteiger partial charge in [-0.25, -0.2) is 0 Å². The first-order valence-corrected chi connectivity index (χ1v) is 25.9. The van der Waals surface area contributed by atoms with Crippen LogP contribution in [0.25, 0.3) is 0 Å². The van der Waals surface area contributed by atoms with Crippen LogP contribution in [0.2, 0.25) is 0 Å².